The summed E-state index contributed by atoms with van der Waals surface area (Å²) in [7, 11) is 0. The average molecular weight is 484 g/mol. The molecule has 0 atom stereocenters. The van der Waals surface area contributed by atoms with Crippen LogP contribution in [0, 0.1) is 6.92 Å². The zero-order chi connectivity index (χ0) is 24.5. The summed E-state index contributed by atoms with van der Waals surface area (Å²) >= 11 is 6.14. The van der Waals surface area contributed by atoms with Crippen LogP contribution in [-0.2, 0) is 0 Å². The number of anilines is 1. The number of imidazole rings is 1. The Morgan fingerprint density at radius 3 is 2.29 bits per heavy atom. The van der Waals surface area contributed by atoms with Crippen LogP contribution in [-0.4, -0.2) is 32.2 Å². The molecule has 0 saturated carbocycles. The lowest BCUT2D eigenvalue weighted by molar-refractivity contribution is 0.865. The predicted molar refractivity (Wildman–Crippen MR) is 143 cm³/mol. The molecular weight excluding hydrogens is 458 g/mol. The SMILES string of the molecule is CCN(CC)c1ccc(-c2nc3c(ncn3-c3ccccc3)c(=O)n2-c2ccc(Cl)cc2)c(C)c1. The molecule has 5 aromatic rings. The van der Waals surface area contributed by atoms with Gasteiger partial charge in [0.1, 0.15) is 12.2 Å². The van der Waals surface area contributed by atoms with Gasteiger partial charge in [-0.05, 0) is 80.9 Å². The zero-order valence-corrected chi connectivity index (χ0v) is 20.7. The maximum absolute atomic E-state index is 13.8. The maximum Gasteiger partial charge on any atom is 0.286 e. The van der Waals surface area contributed by atoms with Gasteiger partial charge in [0.05, 0.1) is 5.69 Å². The van der Waals surface area contributed by atoms with Crippen molar-refractivity contribution in [1.82, 2.24) is 19.1 Å². The monoisotopic (exact) mass is 483 g/mol. The van der Waals surface area contributed by atoms with E-state index in [4.69, 9.17) is 16.6 Å². The van der Waals surface area contributed by atoms with Crippen LogP contribution in [0.5, 0.6) is 0 Å². The topological polar surface area (TPSA) is 56.0 Å². The van der Waals surface area contributed by atoms with Gasteiger partial charge >= 0.3 is 0 Å². The average Bonchev–Trinajstić information content (AvgIpc) is 3.31. The number of hydrogen-bond acceptors (Lipinski definition) is 4. The van der Waals surface area contributed by atoms with Crippen molar-refractivity contribution in [2.75, 3.05) is 18.0 Å². The molecule has 0 saturated heterocycles. The summed E-state index contributed by atoms with van der Waals surface area (Å²) in [5.74, 6) is 0.561. The molecule has 0 spiro atoms. The highest BCUT2D eigenvalue weighted by Gasteiger charge is 2.20. The largest absolute Gasteiger partial charge is 0.372 e. The Morgan fingerprint density at radius 1 is 0.914 bits per heavy atom. The van der Waals surface area contributed by atoms with E-state index in [0.717, 1.165) is 35.6 Å². The number of hydrogen-bond donors (Lipinski definition) is 0. The van der Waals surface area contributed by atoms with Gasteiger partial charge in [-0.3, -0.25) is 13.9 Å². The minimum atomic E-state index is -0.228. The van der Waals surface area contributed by atoms with Crippen LogP contribution >= 0.6 is 11.6 Å². The molecule has 0 bridgehead atoms. The van der Waals surface area contributed by atoms with Gasteiger partial charge in [-0.2, -0.15) is 0 Å². The molecule has 0 aliphatic heterocycles. The van der Waals surface area contributed by atoms with E-state index in [-0.39, 0.29) is 5.56 Å². The number of aromatic nitrogens is 4. The molecule has 0 aliphatic carbocycles. The molecule has 2 aromatic heterocycles. The van der Waals surface area contributed by atoms with Gasteiger partial charge in [0.15, 0.2) is 11.2 Å². The van der Waals surface area contributed by atoms with E-state index in [9.17, 15) is 4.79 Å². The third-order valence-corrected chi connectivity index (χ3v) is 6.52. The fraction of sp³-hybridized carbons (Fsp3) is 0.179. The number of halogens is 1. The quantitative estimate of drug-likeness (QED) is 0.295. The first-order valence-electron chi connectivity index (χ1n) is 11.7. The molecular formula is C28H26ClN5O. The van der Waals surface area contributed by atoms with Gasteiger partial charge in [0.2, 0.25) is 0 Å². The number of para-hydroxylation sites is 1. The summed E-state index contributed by atoms with van der Waals surface area (Å²) in [6, 6.07) is 23.3. The first kappa shape index (κ1) is 22.9. The Bertz CT molecular complexity index is 1550. The van der Waals surface area contributed by atoms with Gasteiger partial charge in [-0.1, -0.05) is 29.8 Å². The van der Waals surface area contributed by atoms with Crippen LogP contribution in [0.1, 0.15) is 19.4 Å². The van der Waals surface area contributed by atoms with Gasteiger partial charge in [0, 0.05) is 35.1 Å². The van der Waals surface area contributed by atoms with E-state index in [1.807, 2.05) is 53.1 Å². The molecule has 7 heteroatoms. The molecule has 0 unspecified atom stereocenters. The van der Waals surface area contributed by atoms with E-state index in [0.29, 0.717) is 27.7 Å². The Morgan fingerprint density at radius 2 is 1.63 bits per heavy atom. The number of rotatable bonds is 6. The minimum absolute atomic E-state index is 0.228. The molecule has 0 N–H and O–H groups in total. The Kier molecular flexibility index (Phi) is 6.14. The number of benzene rings is 3. The van der Waals surface area contributed by atoms with Crippen molar-refractivity contribution in [3.8, 4) is 22.8 Å². The summed E-state index contributed by atoms with van der Waals surface area (Å²) in [5.41, 5.74) is 5.25. The zero-order valence-electron chi connectivity index (χ0n) is 19.9. The summed E-state index contributed by atoms with van der Waals surface area (Å²) in [4.78, 5) is 25.6. The third-order valence-electron chi connectivity index (χ3n) is 6.27. The molecule has 0 amide bonds. The molecule has 6 nitrogen and oxygen atoms in total. The van der Waals surface area contributed by atoms with Crippen molar-refractivity contribution < 1.29 is 0 Å². The number of fused-ring (bicyclic) bond motifs is 1. The summed E-state index contributed by atoms with van der Waals surface area (Å²) in [5, 5.41) is 0.602. The smallest absolute Gasteiger partial charge is 0.286 e. The van der Waals surface area contributed by atoms with Crippen LogP contribution < -0.4 is 10.5 Å². The van der Waals surface area contributed by atoms with E-state index < -0.39 is 0 Å². The van der Waals surface area contributed by atoms with Crippen molar-refractivity contribution >= 4 is 28.5 Å². The van der Waals surface area contributed by atoms with Crippen molar-refractivity contribution in [3.63, 3.8) is 0 Å². The molecule has 2 heterocycles. The van der Waals surface area contributed by atoms with Crippen molar-refractivity contribution in [2.24, 2.45) is 0 Å². The number of nitrogens with zero attached hydrogens (tertiary/aromatic N) is 5. The molecule has 0 aliphatic rings. The van der Waals surface area contributed by atoms with Crippen LogP contribution in [0.15, 0.2) is 83.9 Å². The van der Waals surface area contributed by atoms with Gasteiger partial charge in [-0.15, -0.1) is 0 Å². The highest BCUT2D eigenvalue weighted by Crippen LogP contribution is 2.29. The van der Waals surface area contributed by atoms with Crippen LogP contribution in [0.25, 0.3) is 33.9 Å². The molecule has 5 rings (SSSR count). The van der Waals surface area contributed by atoms with Crippen molar-refractivity contribution in [1.29, 1.82) is 0 Å². The van der Waals surface area contributed by atoms with Gasteiger partial charge < -0.3 is 4.90 Å². The lowest BCUT2D eigenvalue weighted by atomic mass is 10.1. The molecule has 0 fully saturated rings. The summed E-state index contributed by atoms with van der Waals surface area (Å²) in [6.45, 7) is 8.19. The van der Waals surface area contributed by atoms with E-state index in [2.05, 4.69) is 42.8 Å². The second kappa shape index (κ2) is 9.39. The summed E-state index contributed by atoms with van der Waals surface area (Å²) in [6.07, 6.45) is 1.65. The Labute approximate surface area is 209 Å². The highest BCUT2D eigenvalue weighted by atomic mass is 35.5. The fourth-order valence-corrected chi connectivity index (χ4v) is 4.55. The summed E-state index contributed by atoms with van der Waals surface area (Å²) < 4.78 is 3.48. The molecule has 35 heavy (non-hydrogen) atoms. The first-order chi connectivity index (χ1) is 17.0. The Hall–Kier alpha value is -3.90. The predicted octanol–water partition coefficient (Wildman–Crippen LogP) is 6.05. The second-order valence-corrected chi connectivity index (χ2v) is 8.78. The normalized spacial score (nSPS) is 11.2. The molecule has 176 valence electrons. The van der Waals surface area contributed by atoms with Gasteiger partial charge in [0.25, 0.3) is 5.56 Å². The maximum atomic E-state index is 13.8. The van der Waals surface area contributed by atoms with Crippen LogP contribution in [0.2, 0.25) is 5.02 Å². The third kappa shape index (κ3) is 4.10. The standard InChI is InChI=1S/C28H26ClN5O/c1-4-32(5-2)23-15-16-24(19(3)17-23)26-31-27-25(30-18-33(27)21-9-7-6-8-10-21)28(35)34(26)22-13-11-20(29)12-14-22/h6-18H,4-5H2,1-3H3. The number of aryl methyl sites for hydroxylation is 1. The highest BCUT2D eigenvalue weighted by molar-refractivity contribution is 6.30. The van der Waals surface area contributed by atoms with Crippen LogP contribution in [0.4, 0.5) is 5.69 Å². The second-order valence-electron chi connectivity index (χ2n) is 8.35. The minimum Gasteiger partial charge on any atom is -0.372 e. The molecule has 0 radical (unpaired) electrons. The van der Waals surface area contributed by atoms with E-state index >= 15 is 0 Å². The molecule has 3 aromatic carbocycles. The van der Waals surface area contributed by atoms with Crippen LogP contribution in [0.3, 0.4) is 0 Å². The lowest BCUT2D eigenvalue weighted by Crippen LogP contribution is -2.23. The first-order valence-corrected chi connectivity index (χ1v) is 12.1. The van der Waals surface area contributed by atoms with Crippen molar-refractivity contribution in [2.45, 2.75) is 20.8 Å². The lowest BCUT2D eigenvalue weighted by Gasteiger charge is -2.22. The fourth-order valence-electron chi connectivity index (χ4n) is 4.42. The van der Waals surface area contributed by atoms with Crippen molar-refractivity contribution in [3.05, 3.63) is 100 Å². The van der Waals surface area contributed by atoms with E-state index in [1.165, 1.54) is 0 Å². The van der Waals surface area contributed by atoms with E-state index in [1.54, 1.807) is 23.0 Å². The van der Waals surface area contributed by atoms with Gasteiger partial charge in [-0.25, -0.2) is 9.97 Å². The Balaban J connectivity index is 1.80.